The van der Waals surface area contributed by atoms with E-state index >= 15 is 0 Å². The normalized spacial score (nSPS) is 13.8. The van der Waals surface area contributed by atoms with E-state index in [1.54, 1.807) is 0 Å². The van der Waals surface area contributed by atoms with Gasteiger partial charge in [-0.2, -0.15) is 17.5 Å². The van der Waals surface area contributed by atoms with Crippen molar-refractivity contribution in [1.82, 2.24) is 4.31 Å². The third-order valence-corrected chi connectivity index (χ3v) is 6.70. The number of hydrogen-bond acceptors (Lipinski definition) is 5. The lowest BCUT2D eigenvalue weighted by Crippen LogP contribution is -2.48. The molecule has 0 aliphatic rings. The van der Waals surface area contributed by atoms with Gasteiger partial charge in [-0.15, -0.1) is 0 Å². The summed E-state index contributed by atoms with van der Waals surface area (Å²) >= 11 is 5.76. The van der Waals surface area contributed by atoms with E-state index in [1.807, 2.05) is 0 Å². The molecular weight excluding hydrogens is 492 g/mol. The van der Waals surface area contributed by atoms with Gasteiger partial charge in [0.15, 0.2) is 5.84 Å². The van der Waals surface area contributed by atoms with E-state index < -0.39 is 59.2 Å². The first-order valence-corrected chi connectivity index (χ1v) is 11.0. The van der Waals surface area contributed by atoms with Crippen molar-refractivity contribution in [3.63, 3.8) is 0 Å². The molecule has 180 valence electrons. The van der Waals surface area contributed by atoms with E-state index in [4.69, 9.17) is 28.3 Å². The molecular formula is C19H19ClF4N4O4S. The van der Waals surface area contributed by atoms with Crippen molar-refractivity contribution in [2.75, 3.05) is 0 Å². The van der Waals surface area contributed by atoms with Crippen LogP contribution in [-0.2, 0) is 21.4 Å². The Hall–Kier alpha value is -2.90. The van der Waals surface area contributed by atoms with E-state index in [2.05, 4.69) is 5.16 Å². The van der Waals surface area contributed by atoms with Crippen molar-refractivity contribution < 1.29 is 36.0 Å². The molecule has 1 atom stereocenters. The molecule has 0 saturated carbocycles. The van der Waals surface area contributed by atoms with Gasteiger partial charge in [0.05, 0.1) is 4.90 Å². The summed E-state index contributed by atoms with van der Waals surface area (Å²) in [6.07, 6.45) is -7.18. The molecule has 0 saturated heterocycles. The van der Waals surface area contributed by atoms with Crippen molar-refractivity contribution in [3.8, 4) is 0 Å². The Bertz CT molecular complexity index is 1140. The molecule has 0 bridgehead atoms. The van der Waals surface area contributed by atoms with Gasteiger partial charge in [-0.3, -0.25) is 4.79 Å². The van der Waals surface area contributed by atoms with Gasteiger partial charge in [0.1, 0.15) is 11.9 Å². The van der Waals surface area contributed by atoms with Gasteiger partial charge in [-0.1, -0.05) is 28.9 Å². The van der Waals surface area contributed by atoms with Crippen LogP contribution in [0.3, 0.4) is 0 Å². The van der Waals surface area contributed by atoms with Crippen molar-refractivity contribution in [2.45, 2.75) is 36.5 Å². The molecule has 0 spiro atoms. The molecule has 8 nitrogen and oxygen atoms in total. The fraction of sp³-hybridized carbons (Fsp3) is 0.263. The number of hydrogen-bond donors (Lipinski definition) is 3. The molecule has 33 heavy (non-hydrogen) atoms. The summed E-state index contributed by atoms with van der Waals surface area (Å²) in [4.78, 5) is 11.6. The van der Waals surface area contributed by atoms with Crippen molar-refractivity contribution in [2.24, 2.45) is 16.6 Å². The van der Waals surface area contributed by atoms with E-state index in [0.717, 1.165) is 24.3 Å². The third kappa shape index (κ3) is 6.79. The third-order valence-electron chi connectivity index (χ3n) is 4.58. The van der Waals surface area contributed by atoms with Gasteiger partial charge in [-0.05, 0) is 36.8 Å². The average molecular weight is 511 g/mol. The summed E-state index contributed by atoms with van der Waals surface area (Å²) in [6, 6.07) is 5.84. The number of carbonyl (C=O) groups excluding carboxylic acids is 1. The number of rotatable bonds is 9. The van der Waals surface area contributed by atoms with E-state index in [-0.39, 0.29) is 21.0 Å². The Balaban J connectivity index is 2.56. The molecule has 0 radical (unpaired) electrons. The predicted octanol–water partition coefficient (Wildman–Crippen LogP) is 2.96. The monoisotopic (exact) mass is 510 g/mol. The molecule has 14 heteroatoms. The van der Waals surface area contributed by atoms with Crippen molar-refractivity contribution >= 4 is 33.4 Å². The Morgan fingerprint density at radius 3 is 2.24 bits per heavy atom. The van der Waals surface area contributed by atoms with Crippen LogP contribution in [0.2, 0.25) is 5.02 Å². The minimum Gasteiger partial charge on any atom is -0.409 e. The first-order valence-electron chi connectivity index (χ1n) is 9.16. The second kappa shape index (κ2) is 10.4. The number of amides is 1. The molecule has 1 amide bonds. The highest BCUT2D eigenvalue weighted by Crippen LogP contribution is 2.29. The van der Waals surface area contributed by atoms with Crippen LogP contribution in [0.1, 0.15) is 24.0 Å². The average Bonchev–Trinajstić information content (AvgIpc) is 2.72. The minimum absolute atomic E-state index is 0.0330. The van der Waals surface area contributed by atoms with Gasteiger partial charge in [0.25, 0.3) is 0 Å². The first-order chi connectivity index (χ1) is 15.3. The summed E-state index contributed by atoms with van der Waals surface area (Å²) in [5.74, 6) is -2.77. The standard InChI is InChI=1S/C19H19ClF4N4O4S/c20-13-3-5-14(6-4-13)33(31,32)28(16(18(26)29)7-8-19(22,23)24)10-12-2-1-11(9-15(12)21)17(25)27-30/h1-6,9,16,30H,7-8,10H2,(H2,25,27)(H2,26,29). The van der Waals surface area contributed by atoms with Crippen LogP contribution in [0.25, 0.3) is 0 Å². The highest BCUT2D eigenvalue weighted by atomic mass is 35.5. The van der Waals surface area contributed by atoms with Crippen molar-refractivity contribution in [1.29, 1.82) is 0 Å². The fourth-order valence-corrected chi connectivity index (χ4v) is 4.62. The summed E-state index contributed by atoms with van der Waals surface area (Å²) in [5, 5.41) is 11.6. The Kier molecular flexibility index (Phi) is 8.27. The highest BCUT2D eigenvalue weighted by Gasteiger charge is 2.38. The SMILES string of the molecule is NC(=O)C(CCC(F)(F)F)N(Cc1ccc(C(N)=NO)cc1F)S(=O)(=O)c1ccc(Cl)cc1. The van der Waals surface area contributed by atoms with E-state index in [0.29, 0.717) is 4.31 Å². The quantitative estimate of drug-likeness (QED) is 0.156. The van der Waals surface area contributed by atoms with Crippen molar-refractivity contribution in [3.05, 3.63) is 64.4 Å². The lowest BCUT2D eigenvalue weighted by atomic mass is 10.1. The lowest BCUT2D eigenvalue weighted by molar-refractivity contribution is -0.140. The zero-order valence-corrected chi connectivity index (χ0v) is 18.3. The molecule has 2 rings (SSSR count). The smallest absolute Gasteiger partial charge is 0.389 e. The Morgan fingerprint density at radius 1 is 1.15 bits per heavy atom. The van der Waals surface area contributed by atoms with Crippen LogP contribution < -0.4 is 11.5 Å². The molecule has 0 aromatic heterocycles. The number of amidine groups is 1. The molecule has 0 aliphatic heterocycles. The minimum atomic E-state index is -4.70. The van der Waals surface area contributed by atoms with Gasteiger partial charge in [0.2, 0.25) is 15.9 Å². The second-order valence-electron chi connectivity index (χ2n) is 6.87. The molecule has 2 aromatic rings. The molecule has 0 fully saturated rings. The molecule has 1 unspecified atom stereocenters. The second-order valence-corrected chi connectivity index (χ2v) is 9.19. The first kappa shape index (κ1) is 26.4. The number of nitrogens with zero attached hydrogens (tertiary/aromatic N) is 2. The maximum atomic E-state index is 14.7. The maximum Gasteiger partial charge on any atom is 0.389 e. The molecule has 0 heterocycles. The maximum absolute atomic E-state index is 14.7. The van der Waals surface area contributed by atoms with Gasteiger partial charge in [-0.25, -0.2) is 12.8 Å². The van der Waals surface area contributed by atoms with Gasteiger partial charge >= 0.3 is 6.18 Å². The summed E-state index contributed by atoms with van der Waals surface area (Å²) in [5.41, 5.74) is 10.3. The van der Waals surface area contributed by atoms with Crippen LogP contribution in [0.5, 0.6) is 0 Å². The van der Waals surface area contributed by atoms with Gasteiger partial charge < -0.3 is 16.7 Å². The lowest BCUT2D eigenvalue weighted by Gasteiger charge is -2.29. The highest BCUT2D eigenvalue weighted by molar-refractivity contribution is 7.89. The van der Waals surface area contributed by atoms with E-state index in [1.165, 1.54) is 18.2 Å². The number of alkyl halides is 3. The summed E-state index contributed by atoms with van der Waals surface area (Å²) < 4.78 is 80.0. The number of sulfonamides is 1. The largest absolute Gasteiger partial charge is 0.409 e. The van der Waals surface area contributed by atoms with Gasteiger partial charge in [0, 0.05) is 29.1 Å². The van der Waals surface area contributed by atoms with Crippen LogP contribution in [0.4, 0.5) is 17.6 Å². The van der Waals surface area contributed by atoms with Crippen LogP contribution in [-0.4, -0.2) is 41.9 Å². The number of primary amides is 1. The van der Waals surface area contributed by atoms with Crippen LogP contribution in [0.15, 0.2) is 52.5 Å². The summed E-state index contributed by atoms with van der Waals surface area (Å²) in [7, 11) is -4.62. The molecule has 5 N–H and O–H groups in total. The Labute approximate surface area is 191 Å². The summed E-state index contributed by atoms with van der Waals surface area (Å²) in [6.45, 7) is -0.821. The number of nitrogens with two attached hydrogens (primary N) is 2. The number of oxime groups is 1. The topological polar surface area (TPSA) is 139 Å². The number of carbonyl (C=O) groups is 1. The number of benzene rings is 2. The Morgan fingerprint density at radius 2 is 1.76 bits per heavy atom. The number of halogens is 5. The predicted molar refractivity (Wildman–Crippen MR) is 111 cm³/mol. The fourth-order valence-electron chi connectivity index (χ4n) is 2.89. The van der Waals surface area contributed by atoms with E-state index in [9.17, 15) is 30.8 Å². The molecule has 0 aliphatic carbocycles. The van der Waals surface area contributed by atoms with Crippen LogP contribution in [0, 0.1) is 5.82 Å². The molecule has 2 aromatic carbocycles. The zero-order valence-electron chi connectivity index (χ0n) is 16.8. The zero-order chi connectivity index (χ0) is 25.0. The van der Waals surface area contributed by atoms with Crippen LogP contribution >= 0.6 is 11.6 Å².